The first-order valence-corrected chi connectivity index (χ1v) is 5.04. The van der Waals surface area contributed by atoms with Crippen LogP contribution < -0.4 is 0 Å². The van der Waals surface area contributed by atoms with Crippen LogP contribution in [0, 0.1) is 20.8 Å². The molecule has 1 aromatic rings. The molecule has 0 saturated heterocycles. The number of halogens is 1. The maximum Gasteiger partial charge on any atom is 0.121 e. The van der Waals surface area contributed by atoms with Gasteiger partial charge in [0.25, 0.3) is 0 Å². The van der Waals surface area contributed by atoms with Crippen molar-refractivity contribution in [3.8, 4) is 5.75 Å². The van der Waals surface area contributed by atoms with Gasteiger partial charge in [-0.25, -0.2) is 0 Å². The first-order valence-electron chi connectivity index (χ1n) is 3.92. The van der Waals surface area contributed by atoms with Gasteiger partial charge in [-0.2, -0.15) is 0 Å². The van der Waals surface area contributed by atoms with Gasteiger partial charge in [-0.05, 0) is 43.0 Å². The Labute approximate surface area is 81.6 Å². The highest BCUT2D eigenvalue weighted by molar-refractivity contribution is 9.08. The third-order valence-corrected chi connectivity index (χ3v) is 2.92. The van der Waals surface area contributed by atoms with E-state index in [-0.39, 0.29) is 0 Å². The molecule has 2 heteroatoms. The summed E-state index contributed by atoms with van der Waals surface area (Å²) in [4.78, 5) is 0. The predicted molar refractivity (Wildman–Crippen MR) is 54.9 cm³/mol. The summed E-state index contributed by atoms with van der Waals surface area (Å²) < 4.78 is 0. The van der Waals surface area contributed by atoms with E-state index in [0.29, 0.717) is 5.75 Å². The smallest absolute Gasteiger partial charge is 0.121 e. The highest BCUT2D eigenvalue weighted by Gasteiger charge is 2.07. The van der Waals surface area contributed by atoms with E-state index in [9.17, 15) is 5.11 Å². The fourth-order valence-electron chi connectivity index (χ4n) is 1.24. The van der Waals surface area contributed by atoms with E-state index >= 15 is 0 Å². The number of aromatic hydroxyl groups is 1. The van der Waals surface area contributed by atoms with E-state index in [4.69, 9.17) is 0 Å². The van der Waals surface area contributed by atoms with E-state index < -0.39 is 0 Å². The second-order valence-electron chi connectivity index (χ2n) is 3.08. The van der Waals surface area contributed by atoms with Gasteiger partial charge in [-0.1, -0.05) is 22.0 Å². The molecule has 0 fully saturated rings. The van der Waals surface area contributed by atoms with Crippen LogP contribution in [0.1, 0.15) is 22.3 Å². The zero-order valence-electron chi connectivity index (χ0n) is 7.61. The van der Waals surface area contributed by atoms with Crippen LogP contribution in [0.4, 0.5) is 0 Å². The Morgan fingerprint density at radius 2 is 1.83 bits per heavy atom. The minimum atomic E-state index is 0.435. The molecule has 0 aliphatic carbocycles. The summed E-state index contributed by atoms with van der Waals surface area (Å²) in [5.41, 5.74) is 4.27. The molecule has 1 rings (SSSR count). The molecule has 0 aliphatic rings. The summed E-state index contributed by atoms with van der Waals surface area (Å²) >= 11 is 3.39. The molecule has 0 aliphatic heterocycles. The normalized spacial score (nSPS) is 10.3. The van der Waals surface area contributed by atoms with E-state index in [1.807, 2.05) is 20.8 Å². The number of aryl methyl sites for hydroxylation is 1. The third-order valence-electron chi connectivity index (χ3n) is 2.32. The third kappa shape index (κ3) is 1.48. The van der Waals surface area contributed by atoms with Gasteiger partial charge in [0, 0.05) is 5.33 Å². The monoisotopic (exact) mass is 228 g/mol. The van der Waals surface area contributed by atoms with Gasteiger partial charge in [0.2, 0.25) is 0 Å². The van der Waals surface area contributed by atoms with Crippen molar-refractivity contribution in [1.29, 1.82) is 0 Å². The highest BCUT2D eigenvalue weighted by Crippen LogP contribution is 2.28. The van der Waals surface area contributed by atoms with Crippen molar-refractivity contribution in [2.24, 2.45) is 0 Å². The average molecular weight is 229 g/mol. The SMILES string of the molecule is Cc1cc(CBr)c(C)c(O)c1C. The molecule has 1 N–H and O–H groups in total. The topological polar surface area (TPSA) is 20.2 Å². The lowest BCUT2D eigenvalue weighted by molar-refractivity contribution is 0.465. The molecule has 0 spiro atoms. The van der Waals surface area contributed by atoms with Gasteiger partial charge in [0.05, 0.1) is 0 Å². The minimum absolute atomic E-state index is 0.435. The number of hydrogen-bond acceptors (Lipinski definition) is 1. The standard InChI is InChI=1S/C10H13BrO/c1-6-4-9(5-11)8(3)10(12)7(6)2/h4,12H,5H2,1-3H3. The van der Waals surface area contributed by atoms with Gasteiger partial charge in [-0.3, -0.25) is 0 Å². The van der Waals surface area contributed by atoms with Crippen LogP contribution in [0.25, 0.3) is 0 Å². The summed E-state index contributed by atoms with van der Waals surface area (Å²) in [6.07, 6.45) is 0. The van der Waals surface area contributed by atoms with E-state index in [1.54, 1.807) is 0 Å². The highest BCUT2D eigenvalue weighted by atomic mass is 79.9. The summed E-state index contributed by atoms with van der Waals surface area (Å²) in [6, 6.07) is 2.11. The summed E-state index contributed by atoms with van der Waals surface area (Å²) in [7, 11) is 0. The molecule has 0 amide bonds. The fourth-order valence-corrected chi connectivity index (χ4v) is 1.82. The molecule has 0 aromatic heterocycles. The molecular weight excluding hydrogens is 216 g/mol. The van der Waals surface area contributed by atoms with Crippen LogP contribution in [-0.2, 0) is 5.33 Å². The maximum absolute atomic E-state index is 9.68. The Balaban J connectivity index is 3.39. The summed E-state index contributed by atoms with van der Waals surface area (Å²) in [5.74, 6) is 0.435. The molecule has 1 aromatic carbocycles. The number of phenols is 1. The summed E-state index contributed by atoms with van der Waals surface area (Å²) in [5, 5.41) is 10.5. The van der Waals surface area contributed by atoms with Gasteiger partial charge in [-0.15, -0.1) is 0 Å². The largest absolute Gasteiger partial charge is 0.507 e. The number of benzene rings is 1. The van der Waals surface area contributed by atoms with Crippen molar-refractivity contribution in [3.63, 3.8) is 0 Å². The number of rotatable bonds is 1. The second-order valence-corrected chi connectivity index (χ2v) is 3.65. The quantitative estimate of drug-likeness (QED) is 0.733. The molecule has 12 heavy (non-hydrogen) atoms. The molecule has 0 unspecified atom stereocenters. The Hall–Kier alpha value is -0.500. The zero-order chi connectivity index (χ0) is 9.30. The lowest BCUT2D eigenvalue weighted by atomic mass is 10.0. The molecule has 0 atom stereocenters. The van der Waals surface area contributed by atoms with Crippen molar-refractivity contribution in [2.75, 3.05) is 0 Å². The Morgan fingerprint density at radius 3 is 2.33 bits per heavy atom. The van der Waals surface area contributed by atoms with Gasteiger partial charge in [0.1, 0.15) is 5.75 Å². The maximum atomic E-state index is 9.68. The summed E-state index contributed by atoms with van der Waals surface area (Å²) in [6.45, 7) is 5.90. The van der Waals surface area contributed by atoms with Crippen molar-refractivity contribution >= 4 is 15.9 Å². The second kappa shape index (κ2) is 3.48. The van der Waals surface area contributed by atoms with Gasteiger partial charge >= 0.3 is 0 Å². The number of alkyl halides is 1. The lowest BCUT2D eigenvalue weighted by Crippen LogP contribution is -1.91. The molecular formula is C10H13BrO. The molecule has 1 nitrogen and oxygen atoms in total. The van der Waals surface area contributed by atoms with E-state index in [2.05, 4.69) is 22.0 Å². The van der Waals surface area contributed by atoms with Crippen LogP contribution in [-0.4, -0.2) is 5.11 Å². The Kier molecular flexibility index (Phi) is 2.78. The van der Waals surface area contributed by atoms with Crippen molar-refractivity contribution in [1.82, 2.24) is 0 Å². The number of phenolic OH excluding ortho intramolecular Hbond substituents is 1. The number of hydrogen-bond donors (Lipinski definition) is 1. The average Bonchev–Trinajstić information content (AvgIpc) is 2.08. The predicted octanol–water partition coefficient (Wildman–Crippen LogP) is 3.21. The van der Waals surface area contributed by atoms with Crippen molar-refractivity contribution in [3.05, 3.63) is 28.3 Å². The van der Waals surface area contributed by atoms with Crippen LogP contribution in [0.15, 0.2) is 6.07 Å². The van der Waals surface area contributed by atoms with Crippen LogP contribution in [0.3, 0.4) is 0 Å². The minimum Gasteiger partial charge on any atom is -0.507 e. The molecule has 0 heterocycles. The van der Waals surface area contributed by atoms with Gasteiger partial charge in [0.15, 0.2) is 0 Å². The van der Waals surface area contributed by atoms with Crippen LogP contribution in [0.2, 0.25) is 0 Å². The van der Waals surface area contributed by atoms with E-state index in [1.165, 1.54) is 0 Å². The molecule has 0 bridgehead atoms. The van der Waals surface area contributed by atoms with Crippen LogP contribution >= 0.6 is 15.9 Å². The first-order chi connectivity index (χ1) is 5.57. The van der Waals surface area contributed by atoms with E-state index in [0.717, 1.165) is 27.6 Å². The van der Waals surface area contributed by atoms with Crippen molar-refractivity contribution in [2.45, 2.75) is 26.1 Å². The molecule has 0 saturated carbocycles. The van der Waals surface area contributed by atoms with Crippen LogP contribution in [0.5, 0.6) is 5.75 Å². The molecule has 66 valence electrons. The lowest BCUT2D eigenvalue weighted by Gasteiger charge is -2.10. The first kappa shape index (κ1) is 9.59. The van der Waals surface area contributed by atoms with Gasteiger partial charge < -0.3 is 5.11 Å². The fraction of sp³-hybridized carbons (Fsp3) is 0.400. The molecule has 0 radical (unpaired) electrons. The Morgan fingerprint density at radius 1 is 1.25 bits per heavy atom. The van der Waals surface area contributed by atoms with Crippen molar-refractivity contribution < 1.29 is 5.11 Å². The zero-order valence-corrected chi connectivity index (χ0v) is 9.20. The Bertz CT molecular complexity index is 305.